The second-order valence-electron chi connectivity index (χ2n) is 5.99. The number of aryl methyl sites for hydroxylation is 1. The molecular weight excluding hydrogens is 386 g/mol. The smallest absolute Gasteiger partial charge is 0.335 e. The van der Waals surface area contributed by atoms with Gasteiger partial charge < -0.3 is 15.2 Å². The minimum atomic E-state index is -1.03. The number of nitro benzene ring substituents is 2. The molecule has 0 fully saturated rings. The van der Waals surface area contributed by atoms with E-state index in [1.54, 1.807) is 13.0 Å². The first-order valence-corrected chi connectivity index (χ1v) is 8.38. The number of amides is 1. The van der Waals surface area contributed by atoms with Gasteiger partial charge in [-0.3, -0.25) is 25.0 Å². The molecule has 0 saturated heterocycles. The maximum absolute atomic E-state index is 12.1. The maximum Gasteiger partial charge on any atom is 0.335 e. The molecule has 0 atom stereocenters. The lowest BCUT2D eigenvalue weighted by atomic mass is 10.1. The summed E-state index contributed by atoms with van der Waals surface area (Å²) < 4.78 is 5.49. The standard InChI is InChI=1S/C18H17N3O8/c1-11-7-15(3-4-16(11)18(23)24)29-6-2-5-19-17(22)12-8-13(20(25)26)10-14(9-12)21(27)28/h3-4,7-10H,2,5-6H2,1H3,(H,19,22)(H,23,24). The number of carbonyl (C=O) groups is 2. The molecule has 0 aliphatic heterocycles. The van der Waals surface area contributed by atoms with Crippen molar-refractivity contribution in [2.24, 2.45) is 0 Å². The Morgan fingerprint density at radius 2 is 1.69 bits per heavy atom. The van der Waals surface area contributed by atoms with Crippen molar-refractivity contribution < 1.29 is 29.3 Å². The predicted molar refractivity (Wildman–Crippen MR) is 100 cm³/mol. The van der Waals surface area contributed by atoms with Crippen LogP contribution in [0.5, 0.6) is 5.75 Å². The van der Waals surface area contributed by atoms with Gasteiger partial charge in [0.1, 0.15) is 5.75 Å². The van der Waals surface area contributed by atoms with E-state index in [0.717, 1.165) is 18.2 Å². The molecule has 2 N–H and O–H groups in total. The Bertz CT molecular complexity index is 941. The topological polar surface area (TPSA) is 162 Å². The van der Waals surface area contributed by atoms with E-state index in [1.807, 2.05) is 0 Å². The number of non-ortho nitro benzene ring substituents is 2. The highest BCUT2D eigenvalue weighted by Gasteiger charge is 2.19. The van der Waals surface area contributed by atoms with Crippen LogP contribution in [0.15, 0.2) is 36.4 Å². The lowest BCUT2D eigenvalue weighted by molar-refractivity contribution is -0.394. The number of carbonyl (C=O) groups excluding carboxylic acids is 1. The second-order valence-corrected chi connectivity index (χ2v) is 5.99. The van der Waals surface area contributed by atoms with Crippen LogP contribution in [0, 0.1) is 27.2 Å². The minimum absolute atomic E-state index is 0.168. The van der Waals surface area contributed by atoms with E-state index in [9.17, 15) is 29.8 Å². The molecule has 0 aromatic heterocycles. The van der Waals surface area contributed by atoms with Crippen molar-refractivity contribution >= 4 is 23.3 Å². The van der Waals surface area contributed by atoms with Gasteiger partial charge in [-0.25, -0.2) is 4.79 Å². The van der Waals surface area contributed by atoms with Crippen molar-refractivity contribution in [1.82, 2.24) is 5.32 Å². The largest absolute Gasteiger partial charge is 0.494 e. The molecule has 2 aromatic rings. The summed E-state index contributed by atoms with van der Waals surface area (Å²) in [7, 11) is 0. The highest BCUT2D eigenvalue weighted by molar-refractivity contribution is 5.95. The maximum atomic E-state index is 12.1. The van der Waals surface area contributed by atoms with Crippen LogP contribution in [-0.2, 0) is 0 Å². The normalized spacial score (nSPS) is 10.2. The highest BCUT2D eigenvalue weighted by Crippen LogP contribution is 2.22. The quantitative estimate of drug-likeness (QED) is 0.367. The fraction of sp³-hybridized carbons (Fsp3) is 0.222. The molecule has 0 unspecified atom stereocenters. The molecule has 0 aliphatic rings. The Labute approximate surface area is 164 Å². The number of nitrogens with zero attached hydrogens (tertiary/aromatic N) is 2. The summed E-state index contributed by atoms with van der Waals surface area (Å²) in [5, 5.41) is 33.2. The predicted octanol–water partition coefficient (Wildman–Crippen LogP) is 2.71. The van der Waals surface area contributed by atoms with E-state index in [2.05, 4.69) is 5.32 Å². The third kappa shape index (κ3) is 5.73. The van der Waals surface area contributed by atoms with Gasteiger partial charge in [0.25, 0.3) is 17.3 Å². The van der Waals surface area contributed by atoms with Gasteiger partial charge in [0.2, 0.25) is 0 Å². The van der Waals surface area contributed by atoms with Crippen LogP contribution in [0.4, 0.5) is 11.4 Å². The molecule has 11 nitrogen and oxygen atoms in total. The lowest BCUT2D eigenvalue weighted by Crippen LogP contribution is -2.25. The van der Waals surface area contributed by atoms with Gasteiger partial charge in [0.15, 0.2) is 0 Å². The molecule has 0 heterocycles. The Kier molecular flexibility index (Phi) is 6.80. The highest BCUT2D eigenvalue weighted by atomic mass is 16.6. The van der Waals surface area contributed by atoms with E-state index in [0.29, 0.717) is 17.7 Å². The Morgan fingerprint density at radius 1 is 1.07 bits per heavy atom. The first kappa shape index (κ1) is 21.3. The number of benzene rings is 2. The van der Waals surface area contributed by atoms with Gasteiger partial charge in [-0.05, 0) is 37.1 Å². The molecule has 0 aliphatic carbocycles. The third-order valence-corrected chi connectivity index (χ3v) is 3.89. The molecule has 11 heteroatoms. The van der Waals surface area contributed by atoms with Gasteiger partial charge in [-0.1, -0.05) is 0 Å². The average Bonchev–Trinajstić information content (AvgIpc) is 2.66. The third-order valence-electron chi connectivity index (χ3n) is 3.89. The SMILES string of the molecule is Cc1cc(OCCCNC(=O)c2cc([N+](=O)[O-])cc([N+](=O)[O-])c2)ccc1C(=O)O. The zero-order valence-corrected chi connectivity index (χ0v) is 15.3. The first-order chi connectivity index (χ1) is 13.7. The van der Waals surface area contributed by atoms with E-state index in [1.165, 1.54) is 12.1 Å². The summed E-state index contributed by atoms with van der Waals surface area (Å²) in [5.41, 5.74) is -0.557. The molecule has 0 radical (unpaired) electrons. The van der Waals surface area contributed by atoms with Crippen molar-refractivity contribution in [3.05, 3.63) is 73.3 Å². The first-order valence-electron chi connectivity index (χ1n) is 8.38. The van der Waals surface area contributed by atoms with Crippen molar-refractivity contribution in [1.29, 1.82) is 0 Å². The number of carboxylic acid groups (broad SMARTS) is 1. The number of carboxylic acids is 1. The minimum Gasteiger partial charge on any atom is -0.494 e. The van der Waals surface area contributed by atoms with Gasteiger partial charge in [0.05, 0.1) is 33.6 Å². The molecule has 2 rings (SSSR count). The summed E-state index contributed by atoms with van der Waals surface area (Å²) in [6, 6.07) is 7.25. The van der Waals surface area contributed by atoms with Gasteiger partial charge >= 0.3 is 5.97 Å². The zero-order chi connectivity index (χ0) is 21.6. The molecule has 29 heavy (non-hydrogen) atoms. The number of rotatable bonds is 9. The fourth-order valence-corrected chi connectivity index (χ4v) is 2.47. The van der Waals surface area contributed by atoms with Crippen molar-refractivity contribution in [3.8, 4) is 5.75 Å². The molecule has 0 bridgehead atoms. The molecule has 0 saturated carbocycles. The fourth-order valence-electron chi connectivity index (χ4n) is 2.47. The summed E-state index contributed by atoms with van der Waals surface area (Å²) in [6.07, 6.45) is 0.391. The van der Waals surface area contributed by atoms with Gasteiger partial charge in [-0.15, -0.1) is 0 Å². The van der Waals surface area contributed by atoms with Crippen LogP contribution in [-0.4, -0.2) is 40.0 Å². The number of nitrogens with one attached hydrogen (secondary N) is 1. The molecule has 152 valence electrons. The Hall–Kier alpha value is -4.02. The monoisotopic (exact) mass is 403 g/mol. The van der Waals surface area contributed by atoms with Crippen LogP contribution in [0.2, 0.25) is 0 Å². The molecule has 0 spiro atoms. The number of nitro groups is 2. The molecule has 2 aromatic carbocycles. The van der Waals surface area contributed by atoms with Crippen molar-refractivity contribution in [2.45, 2.75) is 13.3 Å². The summed E-state index contributed by atoms with van der Waals surface area (Å²) >= 11 is 0. The summed E-state index contributed by atoms with van der Waals surface area (Å²) in [5.74, 6) is -1.23. The van der Waals surface area contributed by atoms with Crippen molar-refractivity contribution in [2.75, 3.05) is 13.2 Å². The van der Waals surface area contributed by atoms with Crippen LogP contribution >= 0.6 is 0 Å². The van der Waals surface area contributed by atoms with E-state index < -0.39 is 33.1 Å². The van der Waals surface area contributed by atoms with E-state index in [-0.39, 0.29) is 24.3 Å². The molecule has 1 amide bonds. The number of ether oxygens (including phenoxy) is 1. The Balaban J connectivity index is 1.89. The van der Waals surface area contributed by atoms with Gasteiger partial charge in [-0.2, -0.15) is 0 Å². The zero-order valence-electron chi connectivity index (χ0n) is 15.3. The summed E-state index contributed by atoms with van der Waals surface area (Å²) in [6.45, 7) is 2.04. The number of hydrogen-bond acceptors (Lipinski definition) is 7. The molecular formula is C18H17N3O8. The number of aromatic carboxylic acids is 1. The lowest BCUT2D eigenvalue weighted by Gasteiger charge is -2.09. The van der Waals surface area contributed by atoms with Crippen molar-refractivity contribution in [3.63, 3.8) is 0 Å². The van der Waals surface area contributed by atoms with Crippen LogP contribution in [0.1, 0.15) is 32.7 Å². The number of hydrogen-bond donors (Lipinski definition) is 2. The van der Waals surface area contributed by atoms with Crippen LogP contribution < -0.4 is 10.1 Å². The van der Waals surface area contributed by atoms with E-state index >= 15 is 0 Å². The Morgan fingerprint density at radius 3 is 2.21 bits per heavy atom. The average molecular weight is 403 g/mol. The van der Waals surface area contributed by atoms with Crippen LogP contribution in [0.25, 0.3) is 0 Å². The van der Waals surface area contributed by atoms with E-state index in [4.69, 9.17) is 9.84 Å². The second kappa shape index (κ2) is 9.26. The summed E-state index contributed by atoms with van der Waals surface area (Å²) in [4.78, 5) is 43.2. The van der Waals surface area contributed by atoms with Gasteiger partial charge in [0, 0.05) is 18.7 Å². The van der Waals surface area contributed by atoms with Crippen LogP contribution in [0.3, 0.4) is 0 Å².